The van der Waals surface area contributed by atoms with Crippen LogP contribution in [0.25, 0.3) is 0 Å². The van der Waals surface area contributed by atoms with E-state index in [1.54, 1.807) is 0 Å². The fourth-order valence-electron chi connectivity index (χ4n) is 1.96. The second kappa shape index (κ2) is 5.58. The van der Waals surface area contributed by atoms with Crippen molar-refractivity contribution in [3.8, 4) is 0 Å². The van der Waals surface area contributed by atoms with Gasteiger partial charge in [-0.3, -0.25) is 4.68 Å². The molecule has 6 heteroatoms. The summed E-state index contributed by atoms with van der Waals surface area (Å²) in [6.07, 6.45) is 3.94. The summed E-state index contributed by atoms with van der Waals surface area (Å²) in [4.78, 5) is 1.19. The number of aryl methyl sites for hydroxylation is 1. The summed E-state index contributed by atoms with van der Waals surface area (Å²) in [6, 6.07) is 0.140. The second-order valence-electron chi connectivity index (χ2n) is 4.62. The molecule has 0 aliphatic heterocycles. The summed E-state index contributed by atoms with van der Waals surface area (Å²) in [5.74, 6) is 0.386. The maximum absolute atomic E-state index is 4.25. The third-order valence-corrected chi connectivity index (χ3v) is 3.62. The Morgan fingerprint density at radius 1 is 1.44 bits per heavy atom. The molecule has 5 nitrogen and oxygen atoms in total. The van der Waals surface area contributed by atoms with Gasteiger partial charge in [-0.2, -0.15) is 5.10 Å². The van der Waals surface area contributed by atoms with Crippen molar-refractivity contribution in [3.63, 3.8) is 0 Å². The summed E-state index contributed by atoms with van der Waals surface area (Å²) < 4.78 is 5.93. The van der Waals surface area contributed by atoms with Gasteiger partial charge in [0.25, 0.3) is 0 Å². The van der Waals surface area contributed by atoms with E-state index in [0.29, 0.717) is 5.92 Å². The van der Waals surface area contributed by atoms with Crippen molar-refractivity contribution in [2.24, 2.45) is 7.05 Å². The Labute approximate surface area is 111 Å². The Morgan fingerprint density at radius 3 is 2.78 bits per heavy atom. The third kappa shape index (κ3) is 2.59. The third-order valence-electron chi connectivity index (χ3n) is 2.82. The molecule has 0 saturated carbocycles. The smallest absolute Gasteiger partial charge is 0.0832 e. The molecule has 0 amide bonds. The molecule has 0 spiro atoms. The summed E-state index contributed by atoms with van der Waals surface area (Å²) in [6.45, 7) is 7.29. The first-order valence-corrected chi connectivity index (χ1v) is 6.94. The van der Waals surface area contributed by atoms with Gasteiger partial charge in [0.2, 0.25) is 0 Å². The number of hydrogen-bond donors (Lipinski definition) is 1. The quantitative estimate of drug-likeness (QED) is 0.899. The van der Waals surface area contributed by atoms with Crippen molar-refractivity contribution in [1.82, 2.24) is 24.7 Å². The van der Waals surface area contributed by atoms with E-state index in [2.05, 4.69) is 40.8 Å². The van der Waals surface area contributed by atoms with Crippen LogP contribution in [-0.2, 0) is 7.05 Å². The van der Waals surface area contributed by atoms with Gasteiger partial charge in [-0.05, 0) is 24.0 Å². The maximum atomic E-state index is 4.25. The van der Waals surface area contributed by atoms with Crippen molar-refractivity contribution in [2.45, 2.75) is 32.7 Å². The largest absolute Gasteiger partial charge is 0.306 e. The Bertz CT molecular complexity index is 502. The average molecular weight is 265 g/mol. The van der Waals surface area contributed by atoms with Crippen LogP contribution in [0.15, 0.2) is 12.4 Å². The van der Waals surface area contributed by atoms with Gasteiger partial charge < -0.3 is 5.32 Å². The van der Waals surface area contributed by atoms with Crippen molar-refractivity contribution in [2.75, 3.05) is 6.54 Å². The molecule has 1 unspecified atom stereocenters. The van der Waals surface area contributed by atoms with Gasteiger partial charge in [0, 0.05) is 18.8 Å². The normalized spacial score (nSPS) is 13.2. The van der Waals surface area contributed by atoms with Crippen LogP contribution in [0.2, 0.25) is 0 Å². The zero-order valence-corrected chi connectivity index (χ0v) is 12.0. The minimum absolute atomic E-state index is 0.140. The van der Waals surface area contributed by atoms with E-state index in [1.807, 2.05) is 24.1 Å². The molecule has 0 fully saturated rings. The molecule has 2 aromatic heterocycles. The van der Waals surface area contributed by atoms with Gasteiger partial charge in [0.05, 0.1) is 22.8 Å². The van der Waals surface area contributed by atoms with Crippen LogP contribution in [0.1, 0.15) is 48.9 Å². The molecule has 0 aromatic carbocycles. The minimum Gasteiger partial charge on any atom is -0.306 e. The van der Waals surface area contributed by atoms with Gasteiger partial charge in [-0.25, -0.2) is 0 Å². The van der Waals surface area contributed by atoms with E-state index in [0.717, 1.165) is 17.8 Å². The number of rotatable bonds is 5. The van der Waals surface area contributed by atoms with E-state index in [-0.39, 0.29) is 6.04 Å². The predicted octanol–water partition coefficient (Wildman–Crippen LogP) is 2.09. The highest BCUT2D eigenvalue weighted by atomic mass is 32.1. The first kappa shape index (κ1) is 13.2. The fraction of sp³-hybridized carbons (Fsp3) is 0.583. The van der Waals surface area contributed by atoms with Crippen molar-refractivity contribution in [1.29, 1.82) is 0 Å². The first-order chi connectivity index (χ1) is 8.63. The van der Waals surface area contributed by atoms with E-state index < -0.39 is 0 Å². The molecule has 2 rings (SSSR count). The van der Waals surface area contributed by atoms with Gasteiger partial charge in [-0.15, -0.1) is 5.10 Å². The van der Waals surface area contributed by atoms with Crippen LogP contribution in [-0.4, -0.2) is 25.9 Å². The molecule has 0 aliphatic rings. The average Bonchev–Trinajstić information content (AvgIpc) is 2.94. The molecular formula is C12H19N5S. The first-order valence-electron chi connectivity index (χ1n) is 6.17. The van der Waals surface area contributed by atoms with Crippen LogP contribution < -0.4 is 5.32 Å². The predicted molar refractivity (Wildman–Crippen MR) is 72.7 cm³/mol. The summed E-state index contributed by atoms with van der Waals surface area (Å²) in [7, 11) is 1.93. The molecule has 18 heavy (non-hydrogen) atoms. The number of aromatic nitrogens is 4. The van der Waals surface area contributed by atoms with E-state index in [4.69, 9.17) is 0 Å². The Hall–Kier alpha value is -1.27. The molecule has 1 N–H and O–H groups in total. The molecule has 2 heterocycles. The van der Waals surface area contributed by atoms with Crippen molar-refractivity contribution in [3.05, 3.63) is 28.5 Å². The molecule has 1 atom stereocenters. The van der Waals surface area contributed by atoms with Gasteiger partial charge in [-0.1, -0.05) is 25.3 Å². The summed E-state index contributed by atoms with van der Waals surface area (Å²) in [5.41, 5.74) is 2.24. The lowest BCUT2D eigenvalue weighted by molar-refractivity contribution is 0.625. The van der Waals surface area contributed by atoms with Gasteiger partial charge >= 0.3 is 0 Å². The van der Waals surface area contributed by atoms with E-state index >= 15 is 0 Å². The Balaban J connectivity index is 2.38. The molecule has 0 saturated heterocycles. The summed E-state index contributed by atoms with van der Waals surface area (Å²) in [5, 5.41) is 12.0. The zero-order valence-electron chi connectivity index (χ0n) is 11.2. The molecule has 2 aromatic rings. The Kier molecular flexibility index (Phi) is 4.08. The van der Waals surface area contributed by atoms with E-state index in [1.165, 1.54) is 16.4 Å². The van der Waals surface area contributed by atoms with Crippen molar-refractivity contribution < 1.29 is 0 Å². The number of nitrogens with zero attached hydrogens (tertiary/aromatic N) is 4. The molecule has 0 bridgehead atoms. The highest BCUT2D eigenvalue weighted by molar-refractivity contribution is 7.05. The van der Waals surface area contributed by atoms with Gasteiger partial charge in [0.15, 0.2) is 0 Å². The van der Waals surface area contributed by atoms with Crippen molar-refractivity contribution >= 4 is 11.5 Å². The molecule has 0 radical (unpaired) electrons. The van der Waals surface area contributed by atoms with Crippen LogP contribution in [0.4, 0.5) is 0 Å². The Morgan fingerprint density at radius 2 is 2.22 bits per heavy atom. The highest BCUT2D eigenvalue weighted by Crippen LogP contribution is 2.30. The lowest BCUT2D eigenvalue weighted by Crippen LogP contribution is -2.22. The van der Waals surface area contributed by atoms with Crippen LogP contribution in [0, 0.1) is 0 Å². The summed E-state index contributed by atoms with van der Waals surface area (Å²) >= 11 is 1.47. The van der Waals surface area contributed by atoms with Crippen LogP contribution in [0.5, 0.6) is 0 Å². The lowest BCUT2D eigenvalue weighted by atomic mass is 10.0. The van der Waals surface area contributed by atoms with E-state index in [9.17, 15) is 0 Å². The molecular weight excluding hydrogens is 246 g/mol. The van der Waals surface area contributed by atoms with Gasteiger partial charge in [0.1, 0.15) is 0 Å². The topological polar surface area (TPSA) is 55.6 Å². The fourth-order valence-corrected chi connectivity index (χ4v) is 2.87. The minimum atomic E-state index is 0.140. The number of nitrogens with one attached hydrogen (secondary N) is 1. The molecule has 0 aliphatic carbocycles. The molecule has 98 valence electrons. The number of hydrogen-bond acceptors (Lipinski definition) is 5. The van der Waals surface area contributed by atoms with Crippen LogP contribution >= 0.6 is 11.5 Å². The zero-order chi connectivity index (χ0) is 13.1. The lowest BCUT2D eigenvalue weighted by Gasteiger charge is -2.16. The second-order valence-corrected chi connectivity index (χ2v) is 5.40. The highest BCUT2D eigenvalue weighted by Gasteiger charge is 2.22. The van der Waals surface area contributed by atoms with Crippen LogP contribution in [0.3, 0.4) is 0 Å². The standard InChI is InChI=1S/C12H19N5S/c1-5-13-11(9-6-14-17(4)7-9)12-10(8(2)3)15-16-18-12/h6-8,11,13H,5H2,1-4H3. The monoisotopic (exact) mass is 265 g/mol. The SMILES string of the molecule is CCNC(c1cnn(C)c1)c1snnc1C(C)C. The maximum Gasteiger partial charge on any atom is 0.0832 e.